The Hall–Kier alpha value is -1.11. The van der Waals surface area contributed by atoms with Gasteiger partial charge in [-0.25, -0.2) is 0 Å². The van der Waals surface area contributed by atoms with E-state index in [1.807, 2.05) is 0 Å². The summed E-state index contributed by atoms with van der Waals surface area (Å²) in [5.41, 5.74) is 2.61. The highest BCUT2D eigenvalue weighted by molar-refractivity contribution is 8.30. The second-order valence-corrected chi connectivity index (χ2v) is 7.82. The van der Waals surface area contributed by atoms with E-state index in [0.717, 1.165) is 23.3 Å². The minimum Gasteiger partial charge on any atom is -0.487 e. The van der Waals surface area contributed by atoms with Crippen molar-refractivity contribution in [1.29, 1.82) is 0 Å². The van der Waals surface area contributed by atoms with Crippen LogP contribution in [0.2, 0.25) is 0 Å². The van der Waals surface area contributed by atoms with E-state index in [4.69, 9.17) is 4.74 Å². The molecular weight excluding hydrogens is 320 g/mol. The predicted molar refractivity (Wildman–Crippen MR) is 95.4 cm³/mol. The predicted octanol–water partition coefficient (Wildman–Crippen LogP) is 4.32. The Kier molecular flexibility index (Phi) is 3.40. The topological polar surface area (TPSA) is 24.8 Å². The second-order valence-electron chi connectivity index (χ2n) is 4.75. The molecule has 21 heavy (non-hydrogen) atoms. The van der Waals surface area contributed by atoms with Gasteiger partial charge in [-0.05, 0) is 29.5 Å². The van der Waals surface area contributed by atoms with Crippen molar-refractivity contribution in [1.82, 2.24) is 4.90 Å². The molecule has 0 fully saturated rings. The lowest BCUT2D eigenvalue weighted by Gasteiger charge is -2.17. The fourth-order valence-corrected chi connectivity index (χ4v) is 5.57. The summed E-state index contributed by atoms with van der Waals surface area (Å²) in [6.45, 7) is 1.89. The standard InChI is InChI=1S/C15H14N2OS3/c1-18-11-8-9-4-3-5-10(13(9)20-11)12-14(19-2)21-15-16-6-7-17(12)15/h3-5,8H,6-7H2,1-2H3. The molecule has 1 aromatic heterocycles. The Morgan fingerprint density at radius 1 is 1.38 bits per heavy atom. The van der Waals surface area contributed by atoms with Gasteiger partial charge < -0.3 is 9.64 Å². The number of thioether (sulfide) groups is 2. The maximum absolute atomic E-state index is 5.41. The molecule has 3 heterocycles. The van der Waals surface area contributed by atoms with Gasteiger partial charge in [0, 0.05) is 16.8 Å². The second kappa shape index (κ2) is 5.26. The number of aliphatic imine (C=N–C) groups is 1. The third-order valence-electron chi connectivity index (χ3n) is 3.61. The van der Waals surface area contributed by atoms with E-state index in [9.17, 15) is 0 Å². The van der Waals surface area contributed by atoms with Crippen molar-refractivity contribution >= 4 is 55.8 Å². The van der Waals surface area contributed by atoms with Gasteiger partial charge in [-0.15, -0.1) is 11.8 Å². The van der Waals surface area contributed by atoms with Gasteiger partial charge in [0.1, 0.15) is 0 Å². The van der Waals surface area contributed by atoms with Crippen LogP contribution in [0.15, 0.2) is 33.5 Å². The van der Waals surface area contributed by atoms with Gasteiger partial charge >= 0.3 is 0 Å². The summed E-state index contributed by atoms with van der Waals surface area (Å²) in [7, 11) is 1.73. The molecule has 0 atom stereocenters. The molecule has 0 amide bonds. The van der Waals surface area contributed by atoms with Crippen molar-refractivity contribution in [3.63, 3.8) is 0 Å². The SMILES string of the molecule is COc1cc2cccc(C3=C(SC)SC4=NCCN43)c2s1. The minimum atomic E-state index is 0.900. The molecule has 108 valence electrons. The molecule has 2 aromatic rings. The number of fused-ring (bicyclic) bond motifs is 2. The van der Waals surface area contributed by atoms with Crippen molar-refractivity contribution in [3.8, 4) is 5.06 Å². The molecule has 2 aliphatic heterocycles. The molecule has 0 bridgehead atoms. The van der Waals surface area contributed by atoms with Crippen molar-refractivity contribution in [2.24, 2.45) is 4.99 Å². The monoisotopic (exact) mass is 334 g/mol. The fraction of sp³-hybridized carbons (Fsp3) is 0.267. The molecular formula is C15H14N2OS3. The van der Waals surface area contributed by atoms with Crippen LogP contribution < -0.4 is 4.74 Å². The largest absolute Gasteiger partial charge is 0.487 e. The van der Waals surface area contributed by atoms with Crippen LogP contribution in [0, 0.1) is 0 Å². The molecule has 4 rings (SSSR count). The van der Waals surface area contributed by atoms with Gasteiger partial charge in [-0.3, -0.25) is 4.99 Å². The van der Waals surface area contributed by atoms with Crippen LogP contribution in [0.3, 0.4) is 0 Å². The van der Waals surface area contributed by atoms with Crippen LogP contribution in [0.5, 0.6) is 5.06 Å². The summed E-state index contributed by atoms with van der Waals surface area (Å²) >= 11 is 5.32. The number of benzene rings is 1. The summed E-state index contributed by atoms with van der Waals surface area (Å²) in [6, 6.07) is 8.61. The Bertz CT molecular complexity index is 778. The van der Waals surface area contributed by atoms with E-state index in [1.165, 1.54) is 25.6 Å². The van der Waals surface area contributed by atoms with Crippen molar-refractivity contribution in [3.05, 3.63) is 34.1 Å². The molecule has 0 N–H and O–H groups in total. The lowest BCUT2D eigenvalue weighted by atomic mass is 10.1. The van der Waals surface area contributed by atoms with Crippen molar-refractivity contribution in [2.45, 2.75) is 0 Å². The fourth-order valence-electron chi connectivity index (χ4n) is 2.68. The summed E-state index contributed by atoms with van der Waals surface area (Å²) in [4.78, 5) is 6.96. The van der Waals surface area contributed by atoms with E-state index in [0.29, 0.717) is 0 Å². The van der Waals surface area contributed by atoms with E-state index < -0.39 is 0 Å². The van der Waals surface area contributed by atoms with Crippen LogP contribution in [-0.2, 0) is 0 Å². The number of methoxy groups -OCH3 is 1. The van der Waals surface area contributed by atoms with Crippen LogP contribution in [0.25, 0.3) is 15.8 Å². The van der Waals surface area contributed by atoms with E-state index >= 15 is 0 Å². The Morgan fingerprint density at radius 3 is 3.10 bits per heavy atom. The van der Waals surface area contributed by atoms with Gasteiger partial charge in [-0.2, -0.15) is 0 Å². The van der Waals surface area contributed by atoms with Crippen molar-refractivity contribution in [2.75, 3.05) is 26.5 Å². The highest BCUT2D eigenvalue weighted by Crippen LogP contribution is 2.48. The summed E-state index contributed by atoms with van der Waals surface area (Å²) < 4.78 is 8.05. The molecule has 2 aliphatic rings. The Balaban J connectivity index is 1.92. The lowest BCUT2D eigenvalue weighted by molar-refractivity contribution is 0.427. The molecule has 0 aliphatic carbocycles. The Morgan fingerprint density at radius 2 is 2.29 bits per heavy atom. The van der Waals surface area contributed by atoms with Crippen LogP contribution >= 0.6 is 34.9 Å². The first kappa shape index (κ1) is 13.5. The number of hydrogen-bond acceptors (Lipinski definition) is 6. The third-order valence-corrected chi connectivity index (χ3v) is 6.98. The zero-order chi connectivity index (χ0) is 14.4. The highest BCUT2D eigenvalue weighted by atomic mass is 32.2. The molecule has 0 saturated carbocycles. The average molecular weight is 334 g/mol. The van der Waals surface area contributed by atoms with E-state index in [1.54, 1.807) is 42.0 Å². The molecule has 1 aromatic carbocycles. The summed E-state index contributed by atoms with van der Waals surface area (Å²) in [5, 5.41) is 3.36. The molecule has 0 spiro atoms. The van der Waals surface area contributed by atoms with Gasteiger partial charge in [0.2, 0.25) is 0 Å². The summed E-state index contributed by atoms with van der Waals surface area (Å²) in [6.07, 6.45) is 2.14. The number of ether oxygens (including phenoxy) is 1. The Labute approximate surface area is 136 Å². The highest BCUT2D eigenvalue weighted by Gasteiger charge is 2.33. The number of amidine groups is 1. The minimum absolute atomic E-state index is 0.900. The van der Waals surface area contributed by atoms with Gasteiger partial charge in [-0.1, -0.05) is 29.5 Å². The number of nitrogens with zero attached hydrogens (tertiary/aromatic N) is 2. The molecule has 6 heteroatoms. The molecule has 0 unspecified atom stereocenters. The molecule has 0 radical (unpaired) electrons. The first-order valence-electron chi connectivity index (χ1n) is 6.67. The van der Waals surface area contributed by atoms with Gasteiger partial charge in [0.15, 0.2) is 10.2 Å². The van der Waals surface area contributed by atoms with Gasteiger partial charge in [0.25, 0.3) is 0 Å². The lowest BCUT2D eigenvalue weighted by Crippen LogP contribution is -2.19. The maximum Gasteiger partial charge on any atom is 0.174 e. The van der Waals surface area contributed by atoms with E-state index in [2.05, 4.69) is 40.4 Å². The maximum atomic E-state index is 5.41. The number of hydrogen-bond donors (Lipinski definition) is 0. The van der Waals surface area contributed by atoms with Crippen LogP contribution in [0.1, 0.15) is 5.56 Å². The van der Waals surface area contributed by atoms with Crippen LogP contribution in [0.4, 0.5) is 0 Å². The number of thiophene rings is 1. The molecule has 3 nitrogen and oxygen atoms in total. The average Bonchev–Trinajstić information content (AvgIpc) is 3.19. The zero-order valence-corrected chi connectivity index (χ0v) is 14.2. The van der Waals surface area contributed by atoms with Crippen molar-refractivity contribution < 1.29 is 4.74 Å². The third kappa shape index (κ3) is 2.08. The zero-order valence-electron chi connectivity index (χ0n) is 11.8. The first-order valence-corrected chi connectivity index (χ1v) is 9.52. The number of rotatable bonds is 3. The smallest absolute Gasteiger partial charge is 0.174 e. The van der Waals surface area contributed by atoms with Crippen LogP contribution in [-0.4, -0.2) is 36.5 Å². The molecule has 0 saturated heterocycles. The normalized spacial score (nSPS) is 17.6. The quantitative estimate of drug-likeness (QED) is 0.835. The van der Waals surface area contributed by atoms with Gasteiger partial charge in [0.05, 0.1) is 23.6 Å². The van der Waals surface area contributed by atoms with E-state index in [-0.39, 0.29) is 0 Å². The first-order chi connectivity index (χ1) is 10.3. The summed E-state index contributed by atoms with van der Waals surface area (Å²) in [5.74, 6) is 0.